The topological polar surface area (TPSA) is 63.6 Å². The summed E-state index contributed by atoms with van der Waals surface area (Å²) in [5, 5.41) is 16.1. The second-order valence-corrected chi connectivity index (χ2v) is 10.2. The van der Waals surface area contributed by atoms with Crippen molar-refractivity contribution in [1.29, 1.82) is 0 Å². The molecule has 5 nitrogen and oxygen atoms in total. The van der Waals surface area contributed by atoms with Gasteiger partial charge in [-0.05, 0) is 54.1 Å². The van der Waals surface area contributed by atoms with Crippen molar-refractivity contribution in [3.05, 3.63) is 132 Å². The quantitative estimate of drug-likeness (QED) is 0.203. The largest absolute Gasteiger partial charge is 0.338 e. The molecular weight excluding hydrogens is 522 g/mol. The fourth-order valence-electron chi connectivity index (χ4n) is 4.11. The number of nitrogens with one attached hydrogen (secondary N) is 1. The van der Waals surface area contributed by atoms with Gasteiger partial charge in [0, 0.05) is 38.1 Å². The number of aromatic nitrogens is 4. The Kier molecular flexibility index (Phi) is 7.30. The first kappa shape index (κ1) is 24.8. The fourth-order valence-corrected chi connectivity index (χ4v) is 5.02. The minimum absolute atomic E-state index is 0.676. The number of hydrogen-bond acceptors (Lipinski definition) is 6. The molecule has 0 bridgehead atoms. The highest BCUT2D eigenvalue weighted by Crippen LogP contribution is 2.32. The third kappa shape index (κ3) is 5.98. The number of benzene rings is 4. The average molecular weight is 544 g/mol. The van der Waals surface area contributed by atoms with Crippen LogP contribution in [0.15, 0.2) is 125 Å². The summed E-state index contributed by atoms with van der Waals surface area (Å²) in [7, 11) is 0. The lowest BCUT2D eigenvalue weighted by atomic mass is 10.0. The summed E-state index contributed by atoms with van der Waals surface area (Å²) in [6.45, 7) is 0. The van der Waals surface area contributed by atoms with E-state index in [1.54, 1.807) is 18.0 Å². The molecule has 0 spiro atoms. The molecule has 0 aliphatic rings. The van der Waals surface area contributed by atoms with Crippen LogP contribution in [0.1, 0.15) is 11.4 Å². The second kappa shape index (κ2) is 11.5. The first-order valence-corrected chi connectivity index (χ1v) is 13.5. The van der Waals surface area contributed by atoms with Crippen molar-refractivity contribution in [2.45, 2.75) is 9.92 Å². The summed E-state index contributed by atoms with van der Waals surface area (Å²) in [6.07, 6.45) is 5.72. The van der Waals surface area contributed by atoms with E-state index in [0.29, 0.717) is 16.7 Å². The van der Waals surface area contributed by atoms with Crippen molar-refractivity contribution in [2.24, 2.45) is 0 Å². The molecule has 0 unspecified atom stereocenters. The van der Waals surface area contributed by atoms with Gasteiger partial charge in [-0.25, -0.2) is 9.97 Å². The molecule has 188 valence electrons. The second-order valence-electron chi connectivity index (χ2n) is 8.70. The molecule has 0 atom stereocenters. The van der Waals surface area contributed by atoms with E-state index in [0.717, 1.165) is 43.2 Å². The summed E-state index contributed by atoms with van der Waals surface area (Å²) in [6, 6.07) is 36.0. The smallest absolute Gasteiger partial charge is 0.161 e. The van der Waals surface area contributed by atoms with Crippen molar-refractivity contribution in [2.75, 3.05) is 5.32 Å². The van der Waals surface area contributed by atoms with E-state index in [1.807, 2.05) is 97.1 Å². The van der Waals surface area contributed by atoms with E-state index in [2.05, 4.69) is 49.7 Å². The van der Waals surface area contributed by atoms with Crippen LogP contribution >= 0.6 is 23.4 Å². The van der Waals surface area contributed by atoms with Crippen molar-refractivity contribution >= 4 is 57.8 Å². The number of nitrogens with zero attached hydrogens (tertiary/aromatic N) is 4. The van der Waals surface area contributed by atoms with Crippen LogP contribution in [-0.4, -0.2) is 20.2 Å². The third-order valence-electron chi connectivity index (χ3n) is 6.02. The summed E-state index contributed by atoms with van der Waals surface area (Å²) < 4.78 is 0. The highest BCUT2D eigenvalue weighted by Gasteiger charge is 2.11. The molecule has 0 fully saturated rings. The van der Waals surface area contributed by atoms with Gasteiger partial charge in [0.25, 0.3) is 0 Å². The molecule has 0 amide bonds. The number of rotatable bonds is 7. The Balaban J connectivity index is 1.18. The molecule has 2 heterocycles. The van der Waals surface area contributed by atoms with Crippen molar-refractivity contribution in [3.8, 4) is 11.3 Å². The van der Waals surface area contributed by atoms with Crippen LogP contribution in [0, 0.1) is 0 Å². The normalized spacial score (nSPS) is 11.2. The predicted molar refractivity (Wildman–Crippen MR) is 161 cm³/mol. The lowest BCUT2D eigenvalue weighted by Gasteiger charge is -2.12. The Hall–Kier alpha value is -4.52. The Morgan fingerprint density at radius 3 is 2.23 bits per heavy atom. The van der Waals surface area contributed by atoms with Crippen LogP contribution in [0.3, 0.4) is 0 Å². The summed E-state index contributed by atoms with van der Waals surface area (Å²) >= 11 is 7.66. The standard InChI is InChI=1S/C32H22ClN5S/c33-24-13-11-23(12-14-24)31-27-8-4-5-9-28(27)32(38-37-31)35-25-15-17-26(18-16-25)39-30-20-21-34-29(36-30)19-10-22-6-2-1-3-7-22/h1-21H,(H,35,38)/b19-10+. The zero-order valence-electron chi connectivity index (χ0n) is 20.7. The van der Waals surface area contributed by atoms with Crippen LogP contribution in [-0.2, 0) is 0 Å². The Morgan fingerprint density at radius 1 is 0.692 bits per heavy atom. The predicted octanol–water partition coefficient (Wildman–Crippen LogP) is 8.81. The molecular formula is C32H22ClN5S. The van der Waals surface area contributed by atoms with E-state index in [9.17, 15) is 0 Å². The van der Waals surface area contributed by atoms with Crippen LogP contribution in [0.2, 0.25) is 5.02 Å². The van der Waals surface area contributed by atoms with Crippen LogP contribution in [0.25, 0.3) is 34.2 Å². The zero-order valence-corrected chi connectivity index (χ0v) is 22.3. The fraction of sp³-hybridized carbons (Fsp3) is 0. The Bertz CT molecular complexity index is 1750. The van der Waals surface area contributed by atoms with Gasteiger partial charge < -0.3 is 5.32 Å². The van der Waals surface area contributed by atoms with Gasteiger partial charge in [-0.1, -0.05) is 96.2 Å². The molecule has 39 heavy (non-hydrogen) atoms. The van der Waals surface area contributed by atoms with Gasteiger partial charge in [0.2, 0.25) is 0 Å². The number of anilines is 2. The first-order valence-electron chi connectivity index (χ1n) is 12.3. The minimum Gasteiger partial charge on any atom is -0.338 e. The van der Waals surface area contributed by atoms with Crippen LogP contribution in [0.4, 0.5) is 11.5 Å². The minimum atomic E-state index is 0.676. The zero-order chi connectivity index (χ0) is 26.4. The average Bonchev–Trinajstić information content (AvgIpc) is 2.99. The van der Waals surface area contributed by atoms with E-state index in [4.69, 9.17) is 11.6 Å². The van der Waals surface area contributed by atoms with Gasteiger partial charge >= 0.3 is 0 Å². The van der Waals surface area contributed by atoms with Crippen molar-refractivity contribution in [1.82, 2.24) is 20.2 Å². The lowest BCUT2D eigenvalue weighted by Crippen LogP contribution is -1.99. The van der Waals surface area contributed by atoms with E-state index in [1.165, 1.54) is 0 Å². The Labute approximate surface area is 235 Å². The van der Waals surface area contributed by atoms with Gasteiger partial charge in [0.15, 0.2) is 11.6 Å². The van der Waals surface area contributed by atoms with Crippen molar-refractivity contribution < 1.29 is 0 Å². The van der Waals surface area contributed by atoms with E-state index in [-0.39, 0.29) is 0 Å². The van der Waals surface area contributed by atoms with E-state index >= 15 is 0 Å². The number of hydrogen-bond donors (Lipinski definition) is 1. The first-order chi connectivity index (χ1) is 19.2. The maximum Gasteiger partial charge on any atom is 0.161 e. The van der Waals surface area contributed by atoms with Gasteiger partial charge in [0.05, 0.1) is 0 Å². The maximum atomic E-state index is 6.07. The molecule has 1 N–H and O–H groups in total. The molecule has 0 aliphatic heterocycles. The maximum absolute atomic E-state index is 6.07. The van der Waals surface area contributed by atoms with Crippen molar-refractivity contribution in [3.63, 3.8) is 0 Å². The van der Waals surface area contributed by atoms with Gasteiger partial charge in [-0.15, -0.1) is 10.2 Å². The van der Waals surface area contributed by atoms with Crippen LogP contribution in [0.5, 0.6) is 0 Å². The molecule has 2 aromatic heterocycles. The number of halogens is 1. The monoisotopic (exact) mass is 543 g/mol. The van der Waals surface area contributed by atoms with Gasteiger partial charge in [-0.3, -0.25) is 0 Å². The SMILES string of the molecule is Clc1ccc(-c2nnc(Nc3ccc(Sc4ccnc(/C=C/c5ccccc5)n4)cc3)c3ccccc23)cc1. The highest BCUT2D eigenvalue weighted by molar-refractivity contribution is 7.99. The summed E-state index contributed by atoms with van der Waals surface area (Å²) in [4.78, 5) is 10.1. The van der Waals surface area contributed by atoms with Gasteiger partial charge in [-0.2, -0.15) is 0 Å². The molecule has 0 aliphatic carbocycles. The summed E-state index contributed by atoms with van der Waals surface area (Å²) in [5.74, 6) is 1.38. The molecule has 0 radical (unpaired) electrons. The lowest BCUT2D eigenvalue weighted by molar-refractivity contribution is 1.02. The molecule has 0 saturated carbocycles. The molecule has 6 aromatic rings. The Morgan fingerprint density at radius 2 is 1.44 bits per heavy atom. The van der Waals surface area contributed by atoms with Gasteiger partial charge in [0.1, 0.15) is 10.7 Å². The molecule has 7 heteroatoms. The third-order valence-corrected chi connectivity index (χ3v) is 7.21. The summed E-state index contributed by atoms with van der Waals surface area (Å²) in [5.41, 5.74) is 3.83. The molecule has 0 saturated heterocycles. The van der Waals surface area contributed by atoms with E-state index < -0.39 is 0 Å². The molecule has 4 aromatic carbocycles. The number of fused-ring (bicyclic) bond motifs is 1. The highest BCUT2D eigenvalue weighted by atomic mass is 35.5. The van der Waals surface area contributed by atoms with Crippen LogP contribution < -0.4 is 5.32 Å². The molecule has 6 rings (SSSR count).